The van der Waals surface area contributed by atoms with Crippen molar-refractivity contribution < 1.29 is 31.8 Å². The minimum atomic E-state index is -4.82. The summed E-state index contributed by atoms with van der Waals surface area (Å²) in [5.41, 5.74) is 5.24. The van der Waals surface area contributed by atoms with Crippen molar-refractivity contribution >= 4 is 29.0 Å². The highest BCUT2D eigenvalue weighted by Gasteiger charge is 2.45. The SMILES string of the molecule is COc1nc2c(c(N3CCCn4nc(C(=O)N5CCC6(CCCCN6C)C5)c(Cl)c4C3)n1)COC(c1c(C(F)(F)F)ccc(N)c1F)C2. The second kappa shape index (κ2) is 12.3. The molecule has 0 radical (unpaired) electrons. The third-order valence-electron chi connectivity index (χ3n) is 10.3. The van der Waals surface area contributed by atoms with Gasteiger partial charge in [-0.05, 0) is 51.4 Å². The van der Waals surface area contributed by atoms with Crippen LogP contribution in [-0.2, 0) is 37.0 Å². The Morgan fingerprint density at radius 1 is 1.12 bits per heavy atom. The zero-order valence-corrected chi connectivity index (χ0v) is 27.5. The van der Waals surface area contributed by atoms with E-state index in [0.717, 1.165) is 44.4 Å². The van der Waals surface area contributed by atoms with Crippen LogP contribution in [0.3, 0.4) is 0 Å². The average molecular weight is 693 g/mol. The number of ether oxygens (including phenoxy) is 2. The number of likely N-dealkylation sites (tertiary alicyclic amines) is 2. The quantitative estimate of drug-likeness (QED) is 0.298. The van der Waals surface area contributed by atoms with Crippen molar-refractivity contribution in [3.8, 4) is 6.01 Å². The van der Waals surface area contributed by atoms with E-state index in [1.165, 1.54) is 7.11 Å². The molecule has 2 unspecified atom stereocenters. The summed E-state index contributed by atoms with van der Waals surface area (Å²) in [7, 11) is 3.52. The van der Waals surface area contributed by atoms with E-state index in [4.69, 9.17) is 26.8 Å². The van der Waals surface area contributed by atoms with E-state index in [1.807, 2.05) is 9.80 Å². The molecule has 0 bridgehead atoms. The second-order valence-electron chi connectivity index (χ2n) is 13.1. The lowest BCUT2D eigenvalue weighted by Gasteiger charge is -2.42. The maximum absolute atomic E-state index is 15.1. The predicted octanol–water partition coefficient (Wildman–Crippen LogP) is 5.00. The molecule has 6 heterocycles. The molecule has 1 amide bonds. The van der Waals surface area contributed by atoms with Crippen LogP contribution in [0, 0.1) is 5.82 Å². The Balaban J connectivity index is 1.17. The van der Waals surface area contributed by atoms with Gasteiger partial charge in [0.1, 0.15) is 5.82 Å². The average Bonchev–Trinajstić information content (AvgIpc) is 3.55. The van der Waals surface area contributed by atoms with E-state index >= 15 is 4.39 Å². The van der Waals surface area contributed by atoms with Gasteiger partial charge in [0.2, 0.25) is 0 Å². The third-order valence-corrected chi connectivity index (χ3v) is 10.7. The summed E-state index contributed by atoms with van der Waals surface area (Å²) in [6.07, 6.45) is -1.35. The largest absolute Gasteiger partial charge is 0.467 e. The number of carbonyl (C=O) groups is 1. The maximum Gasteiger partial charge on any atom is 0.416 e. The summed E-state index contributed by atoms with van der Waals surface area (Å²) in [6.45, 7) is 3.43. The highest BCUT2D eigenvalue weighted by atomic mass is 35.5. The van der Waals surface area contributed by atoms with Gasteiger partial charge in [0, 0.05) is 49.3 Å². The Hall–Kier alpha value is -3.69. The monoisotopic (exact) mass is 692 g/mol. The summed E-state index contributed by atoms with van der Waals surface area (Å²) in [5, 5.41) is 4.96. The van der Waals surface area contributed by atoms with Gasteiger partial charge in [-0.2, -0.15) is 28.2 Å². The number of aryl methyl sites for hydroxylation is 1. The highest BCUT2D eigenvalue weighted by Crippen LogP contribution is 2.43. The van der Waals surface area contributed by atoms with E-state index in [1.54, 1.807) is 4.68 Å². The number of halogens is 5. The van der Waals surface area contributed by atoms with Gasteiger partial charge in [0.05, 0.1) is 54.0 Å². The summed E-state index contributed by atoms with van der Waals surface area (Å²) in [4.78, 5) is 29.0. The Morgan fingerprint density at radius 2 is 1.94 bits per heavy atom. The van der Waals surface area contributed by atoms with Crippen LogP contribution in [-0.4, -0.2) is 81.3 Å². The van der Waals surface area contributed by atoms with Crippen LogP contribution < -0.4 is 15.4 Å². The number of rotatable bonds is 4. The number of benzene rings is 1. The van der Waals surface area contributed by atoms with Crippen LogP contribution in [0.2, 0.25) is 5.02 Å². The van der Waals surface area contributed by atoms with Crippen LogP contribution in [0.4, 0.5) is 29.1 Å². The number of nitrogens with two attached hydrogens (primary N) is 1. The molecule has 1 aromatic carbocycles. The molecule has 1 spiro atoms. The van der Waals surface area contributed by atoms with Gasteiger partial charge in [-0.15, -0.1) is 0 Å². The molecule has 16 heteroatoms. The smallest absolute Gasteiger partial charge is 0.416 e. The Morgan fingerprint density at radius 3 is 2.69 bits per heavy atom. The Bertz CT molecular complexity index is 1750. The van der Waals surface area contributed by atoms with Crippen molar-refractivity contribution in [2.45, 2.75) is 76.0 Å². The Kier molecular flexibility index (Phi) is 8.43. The molecule has 4 aliphatic rings. The summed E-state index contributed by atoms with van der Waals surface area (Å²) >= 11 is 6.93. The van der Waals surface area contributed by atoms with E-state index in [0.29, 0.717) is 55.4 Å². The first-order valence-electron chi connectivity index (χ1n) is 16.1. The first-order valence-corrected chi connectivity index (χ1v) is 16.5. The number of hydrogen-bond acceptors (Lipinski definition) is 9. The highest BCUT2D eigenvalue weighted by molar-refractivity contribution is 6.34. The lowest BCUT2D eigenvalue weighted by molar-refractivity contribution is -0.140. The lowest BCUT2D eigenvalue weighted by Crippen LogP contribution is -2.51. The third kappa shape index (κ3) is 5.62. The fraction of sp³-hybridized carbons (Fsp3) is 0.562. The van der Waals surface area contributed by atoms with Crippen molar-refractivity contribution in [3.05, 3.63) is 56.7 Å². The first kappa shape index (κ1) is 32.8. The molecule has 11 nitrogen and oxygen atoms in total. The number of methoxy groups -OCH3 is 1. The first-order chi connectivity index (χ1) is 22.9. The second-order valence-corrected chi connectivity index (χ2v) is 13.5. The van der Waals surface area contributed by atoms with Gasteiger partial charge in [-0.1, -0.05) is 18.0 Å². The fourth-order valence-corrected chi connectivity index (χ4v) is 7.94. The van der Waals surface area contributed by atoms with Crippen molar-refractivity contribution in [2.75, 3.05) is 51.0 Å². The number of alkyl halides is 3. The van der Waals surface area contributed by atoms with Gasteiger partial charge in [0.25, 0.3) is 5.91 Å². The number of amides is 1. The molecule has 48 heavy (non-hydrogen) atoms. The van der Waals surface area contributed by atoms with Crippen molar-refractivity contribution in [2.24, 2.45) is 0 Å². The van der Waals surface area contributed by atoms with E-state index < -0.39 is 34.9 Å². The molecule has 3 aromatic rings. The molecule has 2 atom stereocenters. The number of likely N-dealkylation sites (N-methyl/N-ethyl adjacent to an activating group) is 1. The molecular weight excluding hydrogens is 656 g/mol. The minimum absolute atomic E-state index is 0.00357. The van der Waals surface area contributed by atoms with Crippen LogP contribution in [0.25, 0.3) is 0 Å². The van der Waals surface area contributed by atoms with Crippen molar-refractivity contribution in [1.82, 2.24) is 29.5 Å². The zero-order chi connectivity index (χ0) is 34.0. The summed E-state index contributed by atoms with van der Waals surface area (Å²) in [5.74, 6) is -0.898. The van der Waals surface area contributed by atoms with Crippen LogP contribution in [0.1, 0.15) is 76.8 Å². The molecule has 2 N–H and O–H groups in total. The van der Waals surface area contributed by atoms with Crippen molar-refractivity contribution in [1.29, 1.82) is 0 Å². The number of hydrogen-bond donors (Lipinski definition) is 1. The topological polar surface area (TPSA) is 115 Å². The minimum Gasteiger partial charge on any atom is -0.467 e. The van der Waals surface area contributed by atoms with Gasteiger partial charge in [0.15, 0.2) is 11.5 Å². The number of fused-ring (bicyclic) bond motifs is 2. The number of aromatic nitrogens is 4. The predicted molar refractivity (Wildman–Crippen MR) is 168 cm³/mol. The Labute approximate surface area is 279 Å². The molecule has 4 aliphatic heterocycles. The van der Waals surface area contributed by atoms with Crippen molar-refractivity contribution in [3.63, 3.8) is 0 Å². The molecule has 2 fully saturated rings. The van der Waals surface area contributed by atoms with Gasteiger partial charge in [-0.25, -0.2) is 4.39 Å². The summed E-state index contributed by atoms with van der Waals surface area (Å²) < 4.78 is 69.9. The number of piperidine rings is 1. The normalized spacial score (nSPS) is 23.3. The van der Waals surface area contributed by atoms with Gasteiger partial charge in [-0.3, -0.25) is 14.4 Å². The van der Waals surface area contributed by atoms with Gasteiger partial charge >= 0.3 is 12.2 Å². The lowest BCUT2D eigenvalue weighted by atomic mass is 9.86. The molecule has 258 valence electrons. The number of anilines is 2. The fourth-order valence-electron chi connectivity index (χ4n) is 7.67. The number of carbonyl (C=O) groups excluding carboxylic acids is 1. The van der Waals surface area contributed by atoms with Gasteiger partial charge < -0.3 is 25.0 Å². The van der Waals surface area contributed by atoms with E-state index in [2.05, 4.69) is 27.0 Å². The molecule has 0 aliphatic carbocycles. The van der Waals surface area contributed by atoms with E-state index in [9.17, 15) is 18.0 Å². The van der Waals surface area contributed by atoms with E-state index in [-0.39, 0.29) is 47.7 Å². The molecule has 0 saturated carbocycles. The molecular formula is C32H37ClF4N8O3. The number of nitrogen functional groups attached to an aromatic ring is 1. The molecule has 2 saturated heterocycles. The number of nitrogens with zero attached hydrogens (tertiary/aromatic N) is 7. The van der Waals surface area contributed by atoms with Crippen LogP contribution in [0.5, 0.6) is 6.01 Å². The summed E-state index contributed by atoms with van der Waals surface area (Å²) in [6, 6.07) is 1.66. The van der Waals surface area contributed by atoms with Crippen LogP contribution >= 0.6 is 11.6 Å². The standard InChI is InChI=1S/C32H37ClF4N8O3/c1-42-10-4-3-8-31(42)9-13-44(17-31)29(46)27-25(33)22-15-43(11-5-12-45(22)41-27)28-18-16-48-23(14-21(18)39-30(40-28)47-2)24-19(32(35,36)37)6-7-20(38)26(24)34/h6-7,23H,3-5,8-17,38H2,1-2H3. The zero-order valence-electron chi connectivity index (χ0n) is 26.7. The molecule has 2 aromatic heterocycles. The van der Waals surface area contributed by atoms with Crippen LogP contribution in [0.15, 0.2) is 12.1 Å². The molecule has 7 rings (SSSR count). The maximum atomic E-state index is 15.1.